The van der Waals surface area contributed by atoms with Crippen molar-refractivity contribution in [3.63, 3.8) is 0 Å². The van der Waals surface area contributed by atoms with Gasteiger partial charge in [0.1, 0.15) is 5.82 Å². The zero-order valence-corrected chi connectivity index (χ0v) is 12.8. The molecular weight excluding hydrogens is 352 g/mol. The van der Waals surface area contributed by atoms with E-state index in [9.17, 15) is 17.6 Å². The van der Waals surface area contributed by atoms with Crippen LogP contribution in [0.5, 0.6) is 0 Å². The highest BCUT2D eigenvalue weighted by Crippen LogP contribution is 2.44. The number of hydrazine groups is 1. The predicted octanol–water partition coefficient (Wildman–Crippen LogP) is 4.46. The van der Waals surface area contributed by atoms with E-state index in [1.54, 1.807) is 12.1 Å². The Morgan fingerprint density at radius 3 is 2.62 bits per heavy atom. The molecule has 3 unspecified atom stereocenters. The van der Waals surface area contributed by atoms with Crippen molar-refractivity contribution in [2.45, 2.75) is 37.9 Å². The second kappa shape index (κ2) is 6.62. The topological polar surface area (TPSA) is 38.0 Å². The molecule has 0 spiro atoms. The molecule has 0 aliphatic heterocycles. The molecule has 1 aliphatic carbocycles. The number of alkyl halides is 3. The van der Waals surface area contributed by atoms with Crippen LogP contribution in [0.1, 0.15) is 37.3 Å². The van der Waals surface area contributed by atoms with Crippen LogP contribution in [-0.2, 0) is 0 Å². The molecule has 0 heterocycles. The van der Waals surface area contributed by atoms with Crippen molar-refractivity contribution in [3.8, 4) is 0 Å². The van der Waals surface area contributed by atoms with Crippen molar-refractivity contribution in [2.75, 3.05) is 0 Å². The van der Waals surface area contributed by atoms with Crippen molar-refractivity contribution in [1.29, 1.82) is 0 Å². The van der Waals surface area contributed by atoms with Crippen LogP contribution in [0.15, 0.2) is 22.7 Å². The summed E-state index contributed by atoms with van der Waals surface area (Å²) in [5.41, 5.74) is 2.81. The third-order valence-corrected chi connectivity index (χ3v) is 4.61. The van der Waals surface area contributed by atoms with Crippen LogP contribution in [0.3, 0.4) is 0 Å². The van der Waals surface area contributed by atoms with Crippen molar-refractivity contribution in [3.05, 3.63) is 34.1 Å². The van der Waals surface area contributed by atoms with Gasteiger partial charge in [-0.3, -0.25) is 11.3 Å². The quantitative estimate of drug-likeness (QED) is 0.469. The molecule has 1 aromatic rings. The summed E-state index contributed by atoms with van der Waals surface area (Å²) in [7, 11) is 0. The van der Waals surface area contributed by atoms with Gasteiger partial charge in [-0.2, -0.15) is 13.2 Å². The first-order valence-corrected chi connectivity index (χ1v) is 7.60. The van der Waals surface area contributed by atoms with Crippen LogP contribution in [-0.4, -0.2) is 6.18 Å². The molecule has 1 aliphatic rings. The average Bonchev–Trinajstić information content (AvgIpc) is 2.43. The number of hydrogen-bond acceptors (Lipinski definition) is 2. The maximum absolute atomic E-state index is 14.0. The van der Waals surface area contributed by atoms with Crippen LogP contribution in [0.4, 0.5) is 17.6 Å². The van der Waals surface area contributed by atoms with Crippen LogP contribution < -0.4 is 11.3 Å². The van der Waals surface area contributed by atoms with Gasteiger partial charge in [0, 0.05) is 10.0 Å². The monoisotopic (exact) mass is 368 g/mol. The van der Waals surface area contributed by atoms with E-state index in [1.807, 2.05) is 0 Å². The van der Waals surface area contributed by atoms with Gasteiger partial charge in [0.15, 0.2) is 0 Å². The molecule has 2 nitrogen and oxygen atoms in total. The third-order valence-electron chi connectivity index (χ3n) is 4.12. The van der Waals surface area contributed by atoms with E-state index in [2.05, 4.69) is 21.4 Å². The highest BCUT2D eigenvalue weighted by atomic mass is 79.9. The molecule has 0 bridgehead atoms. The van der Waals surface area contributed by atoms with Crippen LogP contribution in [0.2, 0.25) is 0 Å². The highest BCUT2D eigenvalue weighted by molar-refractivity contribution is 9.10. The molecule has 1 saturated carbocycles. The molecule has 0 radical (unpaired) electrons. The number of halogens is 5. The minimum absolute atomic E-state index is 0.0235. The summed E-state index contributed by atoms with van der Waals surface area (Å²) in [6.45, 7) is 0. The van der Waals surface area contributed by atoms with Crippen molar-refractivity contribution in [2.24, 2.45) is 17.7 Å². The lowest BCUT2D eigenvalue weighted by atomic mass is 9.76. The van der Waals surface area contributed by atoms with Crippen molar-refractivity contribution < 1.29 is 17.6 Å². The maximum Gasteiger partial charge on any atom is 0.391 e. The van der Waals surface area contributed by atoms with Gasteiger partial charge in [-0.1, -0.05) is 22.4 Å². The maximum atomic E-state index is 14.0. The second-order valence-electron chi connectivity index (χ2n) is 5.48. The Labute approximate surface area is 129 Å². The fourth-order valence-electron chi connectivity index (χ4n) is 3.06. The molecular formula is C14H17BrF4N2. The summed E-state index contributed by atoms with van der Waals surface area (Å²) in [6.07, 6.45) is -3.01. The first-order valence-electron chi connectivity index (χ1n) is 6.80. The Morgan fingerprint density at radius 1 is 1.29 bits per heavy atom. The highest BCUT2D eigenvalue weighted by Gasteiger charge is 2.43. The van der Waals surface area contributed by atoms with Gasteiger partial charge < -0.3 is 0 Å². The zero-order valence-electron chi connectivity index (χ0n) is 11.3. The molecule has 21 heavy (non-hydrogen) atoms. The molecule has 118 valence electrons. The smallest absolute Gasteiger partial charge is 0.271 e. The Morgan fingerprint density at radius 2 is 2.00 bits per heavy atom. The summed E-state index contributed by atoms with van der Waals surface area (Å²) in [6, 6.07) is 3.78. The number of rotatable bonds is 3. The predicted molar refractivity (Wildman–Crippen MR) is 75.7 cm³/mol. The first-order chi connectivity index (χ1) is 9.82. The van der Waals surface area contributed by atoms with Gasteiger partial charge in [-0.25, -0.2) is 4.39 Å². The third kappa shape index (κ3) is 3.96. The van der Waals surface area contributed by atoms with E-state index in [0.717, 1.165) is 0 Å². The molecule has 2 rings (SSSR count). The summed E-state index contributed by atoms with van der Waals surface area (Å²) in [5, 5.41) is 0. The first kappa shape index (κ1) is 16.7. The fraction of sp³-hybridized carbons (Fsp3) is 0.571. The Bertz CT molecular complexity index is 492. The summed E-state index contributed by atoms with van der Waals surface area (Å²) in [4.78, 5) is 0. The average molecular weight is 369 g/mol. The van der Waals surface area contributed by atoms with Gasteiger partial charge >= 0.3 is 6.18 Å². The van der Waals surface area contributed by atoms with Gasteiger partial charge in [0.2, 0.25) is 0 Å². The van der Waals surface area contributed by atoms with Crippen LogP contribution >= 0.6 is 15.9 Å². The lowest BCUT2D eigenvalue weighted by Gasteiger charge is -2.35. The molecule has 7 heteroatoms. The molecule has 0 aromatic heterocycles. The number of nitrogens with two attached hydrogens (primary N) is 1. The van der Waals surface area contributed by atoms with E-state index in [0.29, 0.717) is 22.9 Å². The van der Waals surface area contributed by atoms with Gasteiger partial charge in [-0.15, -0.1) is 0 Å². The van der Waals surface area contributed by atoms with E-state index in [1.165, 1.54) is 6.07 Å². The molecule has 0 saturated heterocycles. The minimum atomic E-state index is -4.20. The molecule has 0 amide bonds. The van der Waals surface area contributed by atoms with E-state index in [4.69, 9.17) is 5.84 Å². The normalized spacial score (nSPS) is 24.9. The van der Waals surface area contributed by atoms with Gasteiger partial charge in [-0.05, 0) is 43.4 Å². The van der Waals surface area contributed by atoms with Crippen LogP contribution in [0.25, 0.3) is 0 Å². The zero-order chi connectivity index (χ0) is 15.6. The van der Waals surface area contributed by atoms with Gasteiger partial charge in [0.05, 0.1) is 12.0 Å². The molecule has 1 aromatic carbocycles. The van der Waals surface area contributed by atoms with Crippen molar-refractivity contribution in [1.82, 2.24) is 5.43 Å². The van der Waals surface area contributed by atoms with Gasteiger partial charge in [0.25, 0.3) is 0 Å². The summed E-state index contributed by atoms with van der Waals surface area (Å²) in [5.74, 6) is 3.37. The molecule has 3 atom stereocenters. The Balaban J connectivity index is 2.23. The van der Waals surface area contributed by atoms with E-state index in [-0.39, 0.29) is 18.8 Å². The van der Waals surface area contributed by atoms with E-state index >= 15 is 0 Å². The molecule has 3 N–H and O–H groups in total. The number of nitrogens with one attached hydrogen (secondary N) is 1. The lowest BCUT2D eigenvalue weighted by molar-refractivity contribution is -0.186. The minimum Gasteiger partial charge on any atom is -0.271 e. The molecule has 1 fully saturated rings. The van der Waals surface area contributed by atoms with Crippen molar-refractivity contribution >= 4 is 15.9 Å². The Kier molecular flexibility index (Phi) is 5.27. The standard InChI is InChI=1S/C14H17BrF4N2/c15-10-4-5-12(16)11(7-10)13(21-20)8-2-1-3-9(6-8)14(17,18)19/h4-5,7-9,13,21H,1-3,6,20H2. The van der Waals surface area contributed by atoms with E-state index < -0.39 is 24.0 Å². The number of hydrogen-bond donors (Lipinski definition) is 2. The summed E-state index contributed by atoms with van der Waals surface area (Å²) >= 11 is 3.25. The summed E-state index contributed by atoms with van der Waals surface area (Å²) < 4.78 is 53.3. The Hall–Kier alpha value is -0.660. The van der Waals surface area contributed by atoms with Crippen LogP contribution in [0, 0.1) is 17.7 Å². The SMILES string of the molecule is NNC(c1cc(Br)ccc1F)C1CCCC(C(F)(F)F)C1. The lowest BCUT2D eigenvalue weighted by Crippen LogP contribution is -2.38. The largest absolute Gasteiger partial charge is 0.391 e. The second-order valence-corrected chi connectivity index (χ2v) is 6.39. The fourth-order valence-corrected chi connectivity index (χ4v) is 3.44. The number of benzene rings is 1.